The molecule has 3 unspecified atom stereocenters. The van der Waals surface area contributed by atoms with Crippen LogP contribution >= 0.6 is 11.8 Å². The van der Waals surface area contributed by atoms with Crippen molar-refractivity contribution in [3.05, 3.63) is 0 Å². The number of hydrogen-bond donors (Lipinski definition) is 2. The zero-order valence-electron chi connectivity index (χ0n) is 11.5. The van der Waals surface area contributed by atoms with Crippen LogP contribution in [0.5, 0.6) is 0 Å². The normalized spacial score (nSPS) is 30.1. The number of rotatable bonds is 4. The molecular weight excluding hydrogens is 280 g/mol. The molecule has 0 spiro atoms. The van der Waals surface area contributed by atoms with Crippen LogP contribution in [0.3, 0.4) is 0 Å². The second-order valence-electron chi connectivity index (χ2n) is 5.22. The smallest absolute Gasteiger partial charge is 0.327 e. The Labute approximate surface area is 122 Å². The molecule has 0 aromatic heterocycles. The van der Waals surface area contributed by atoms with Gasteiger partial charge in [0, 0.05) is 18.7 Å². The van der Waals surface area contributed by atoms with Crippen LogP contribution in [0.2, 0.25) is 0 Å². The average Bonchev–Trinajstić information content (AvgIpc) is 2.83. The van der Waals surface area contributed by atoms with Gasteiger partial charge in [-0.1, -0.05) is 13.3 Å². The van der Waals surface area contributed by atoms with E-state index < -0.39 is 12.0 Å². The SMILES string of the molecule is CCCC1SCC(C(=O)O)N1C(=O)C1CCC(=O)NC1. The molecule has 2 heterocycles. The number of piperidine rings is 1. The quantitative estimate of drug-likeness (QED) is 0.797. The van der Waals surface area contributed by atoms with Gasteiger partial charge in [-0.05, 0) is 12.8 Å². The van der Waals surface area contributed by atoms with E-state index in [0.717, 1.165) is 12.8 Å². The molecule has 20 heavy (non-hydrogen) atoms. The summed E-state index contributed by atoms with van der Waals surface area (Å²) in [6.07, 6.45) is 2.57. The van der Waals surface area contributed by atoms with Gasteiger partial charge in [-0.15, -0.1) is 11.8 Å². The van der Waals surface area contributed by atoms with Gasteiger partial charge in [-0.3, -0.25) is 9.59 Å². The highest BCUT2D eigenvalue weighted by atomic mass is 32.2. The molecule has 6 nitrogen and oxygen atoms in total. The average molecular weight is 300 g/mol. The largest absolute Gasteiger partial charge is 0.480 e. The molecule has 2 fully saturated rings. The molecule has 112 valence electrons. The fourth-order valence-electron chi connectivity index (χ4n) is 2.67. The first-order chi connectivity index (χ1) is 9.54. The zero-order chi connectivity index (χ0) is 14.7. The monoisotopic (exact) mass is 300 g/mol. The Morgan fingerprint density at radius 3 is 2.80 bits per heavy atom. The Kier molecular flexibility index (Phi) is 4.91. The first kappa shape index (κ1) is 15.2. The summed E-state index contributed by atoms with van der Waals surface area (Å²) in [5, 5.41) is 11.9. The number of amides is 2. The lowest BCUT2D eigenvalue weighted by atomic mass is 9.97. The van der Waals surface area contributed by atoms with E-state index in [0.29, 0.717) is 25.1 Å². The Balaban J connectivity index is 2.10. The maximum absolute atomic E-state index is 12.6. The fourth-order valence-corrected chi connectivity index (χ4v) is 4.19. The van der Waals surface area contributed by atoms with Crippen LogP contribution in [-0.4, -0.2) is 51.5 Å². The van der Waals surface area contributed by atoms with Crippen molar-refractivity contribution in [2.75, 3.05) is 12.3 Å². The summed E-state index contributed by atoms with van der Waals surface area (Å²) in [5.41, 5.74) is 0. The molecule has 0 aromatic rings. The van der Waals surface area contributed by atoms with Crippen molar-refractivity contribution in [3.63, 3.8) is 0 Å². The number of aliphatic carboxylic acids is 1. The lowest BCUT2D eigenvalue weighted by Crippen LogP contribution is -2.51. The topological polar surface area (TPSA) is 86.7 Å². The molecule has 2 N–H and O–H groups in total. The summed E-state index contributed by atoms with van der Waals surface area (Å²) < 4.78 is 0. The third kappa shape index (κ3) is 3.08. The molecule has 2 rings (SSSR count). The van der Waals surface area contributed by atoms with E-state index in [4.69, 9.17) is 0 Å². The number of hydrogen-bond acceptors (Lipinski definition) is 4. The molecule has 2 aliphatic rings. The van der Waals surface area contributed by atoms with Crippen molar-refractivity contribution in [1.29, 1.82) is 0 Å². The van der Waals surface area contributed by atoms with Gasteiger partial charge in [-0.2, -0.15) is 0 Å². The van der Waals surface area contributed by atoms with E-state index >= 15 is 0 Å². The fraction of sp³-hybridized carbons (Fsp3) is 0.769. The molecule has 2 aliphatic heterocycles. The van der Waals surface area contributed by atoms with Crippen molar-refractivity contribution < 1.29 is 19.5 Å². The van der Waals surface area contributed by atoms with Gasteiger partial charge in [0.2, 0.25) is 11.8 Å². The number of carbonyl (C=O) groups is 3. The summed E-state index contributed by atoms with van der Waals surface area (Å²) in [4.78, 5) is 36.6. The second kappa shape index (κ2) is 6.47. The van der Waals surface area contributed by atoms with Crippen LogP contribution in [0.15, 0.2) is 0 Å². The predicted molar refractivity (Wildman–Crippen MR) is 75.2 cm³/mol. The van der Waals surface area contributed by atoms with Gasteiger partial charge in [0.25, 0.3) is 0 Å². The molecule has 0 saturated carbocycles. The highest BCUT2D eigenvalue weighted by molar-refractivity contribution is 8.00. The molecule has 0 radical (unpaired) electrons. The Bertz CT molecular complexity index is 405. The number of carboxylic acid groups (broad SMARTS) is 1. The van der Waals surface area contributed by atoms with Gasteiger partial charge in [0.1, 0.15) is 6.04 Å². The van der Waals surface area contributed by atoms with Gasteiger partial charge in [0.05, 0.1) is 11.3 Å². The minimum absolute atomic E-state index is 0.0373. The number of nitrogens with one attached hydrogen (secondary N) is 1. The van der Waals surface area contributed by atoms with Gasteiger partial charge in [0.15, 0.2) is 0 Å². The maximum Gasteiger partial charge on any atom is 0.327 e. The number of carbonyl (C=O) groups excluding carboxylic acids is 2. The van der Waals surface area contributed by atoms with E-state index in [1.807, 2.05) is 6.92 Å². The van der Waals surface area contributed by atoms with E-state index in [1.165, 1.54) is 0 Å². The van der Waals surface area contributed by atoms with E-state index in [2.05, 4.69) is 5.32 Å². The highest BCUT2D eigenvalue weighted by Crippen LogP contribution is 2.34. The van der Waals surface area contributed by atoms with Crippen LogP contribution in [0, 0.1) is 5.92 Å². The molecule has 0 bridgehead atoms. The molecule has 2 amide bonds. The molecule has 3 atom stereocenters. The maximum atomic E-state index is 12.6. The van der Waals surface area contributed by atoms with Crippen molar-refractivity contribution in [1.82, 2.24) is 10.2 Å². The number of carboxylic acids is 1. The Morgan fingerprint density at radius 2 is 2.25 bits per heavy atom. The van der Waals surface area contributed by atoms with Crippen molar-refractivity contribution in [3.8, 4) is 0 Å². The highest BCUT2D eigenvalue weighted by Gasteiger charge is 2.43. The van der Waals surface area contributed by atoms with Crippen LogP contribution in [0.4, 0.5) is 0 Å². The molecule has 0 aliphatic carbocycles. The molecule has 0 aromatic carbocycles. The number of thioether (sulfide) groups is 1. The lowest BCUT2D eigenvalue weighted by molar-refractivity contribution is -0.151. The first-order valence-electron chi connectivity index (χ1n) is 6.97. The summed E-state index contributed by atoms with van der Waals surface area (Å²) in [6.45, 7) is 2.35. The van der Waals surface area contributed by atoms with Crippen LogP contribution < -0.4 is 5.32 Å². The summed E-state index contributed by atoms with van der Waals surface area (Å²) >= 11 is 1.54. The molecular formula is C13H20N2O4S. The lowest BCUT2D eigenvalue weighted by Gasteiger charge is -2.32. The van der Waals surface area contributed by atoms with E-state index in [9.17, 15) is 19.5 Å². The van der Waals surface area contributed by atoms with Crippen LogP contribution in [-0.2, 0) is 14.4 Å². The number of nitrogens with zero attached hydrogens (tertiary/aromatic N) is 1. The summed E-state index contributed by atoms with van der Waals surface area (Å²) in [7, 11) is 0. The molecule has 2 saturated heterocycles. The summed E-state index contributed by atoms with van der Waals surface area (Å²) in [6, 6.07) is -0.735. The van der Waals surface area contributed by atoms with E-state index in [1.54, 1.807) is 16.7 Å². The van der Waals surface area contributed by atoms with Crippen molar-refractivity contribution in [2.24, 2.45) is 5.92 Å². The van der Waals surface area contributed by atoms with Gasteiger partial charge >= 0.3 is 5.97 Å². The molecule has 7 heteroatoms. The minimum atomic E-state index is -0.940. The van der Waals surface area contributed by atoms with E-state index in [-0.39, 0.29) is 23.1 Å². The van der Waals surface area contributed by atoms with Crippen LogP contribution in [0.25, 0.3) is 0 Å². The Morgan fingerprint density at radius 1 is 1.50 bits per heavy atom. The third-order valence-electron chi connectivity index (χ3n) is 3.78. The van der Waals surface area contributed by atoms with Gasteiger partial charge in [-0.25, -0.2) is 4.79 Å². The Hall–Kier alpha value is -1.24. The summed E-state index contributed by atoms with van der Waals surface area (Å²) in [5.74, 6) is -0.937. The standard InChI is InChI=1S/C13H20N2O4S/c1-2-3-11-15(9(7-20-11)13(18)19)12(17)8-4-5-10(16)14-6-8/h8-9,11H,2-7H2,1H3,(H,14,16)(H,18,19). The minimum Gasteiger partial charge on any atom is -0.480 e. The third-order valence-corrected chi connectivity index (χ3v) is 5.14. The van der Waals surface area contributed by atoms with Crippen molar-refractivity contribution >= 4 is 29.5 Å². The van der Waals surface area contributed by atoms with Gasteiger partial charge < -0.3 is 15.3 Å². The first-order valence-corrected chi connectivity index (χ1v) is 8.02. The predicted octanol–water partition coefficient (Wildman–Crippen LogP) is 0.667. The van der Waals surface area contributed by atoms with Crippen LogP contribution in [0.1, 0.15) is 32.6 Å². The second-order valence-corrected chi connectivity index (χ2v) is 6.43. The zero-order valence-corrected chi connectivity index (χ0v) is 12.3. The van der Waals surface area contributed by atoms with Crippen molar-refractivity contribution in [2.45, 2.75) is 44.0 Å².